The monoisotopic (exact) mass is 424 g/mol. The lowest BCUT2D eigenvalue weighted by atomic mass is 9.97. The second-order valence-corrected chi connectivity index (χ2v) is 8.92. The van der Waals surface area contributed by atoms with Crippen LogP contribution in [0.1, 0.15) is 47.5 Å². The molecule has 2 aromatic carbocycles. The van der Waals surface area contributed by atoms with E-state index in [-0.39, 0.29) is 12.4 Å². The number of ether oxygens (including phenoxy) is 1. The Bertz CT molecular complexity index is 945. The third-order valence-corrected chi connectivity index (χ3v) is 6.85. The van der Waals surface area contributed by atoms with E-state index in [0.29, 0.717) is 30.2 Å². The Balaban J connectivity index is 1.22. The summed E-state index contributed by atoms with van der Waals surface area (Å²) in [6.45, 7) is 4.64. The van der Waals surface area contributed by atoms with Crippen molar-refractivity contribution in [1.29, 1.82) is 0 Å². The SMILES string of the molecule is CCC(=O)c1ccc(OCC(O)CN2CCC(c3nc4ccccc4s3)CC2)cc1. The van der Waals surface area contributed by atoms with Gasteiger partial charge < -0.3 is 14.7 Å². The van der Waals surface area contributed by atoms with Crippen LogP contribution in [0.3, 0.4) is 0 Å². The van der Waals surface area contributed by atoms with Crippen LogP contribution >= 0.6 is 11.3 Å². The Morgan fingerprint density at radius 3 is 2.63 bits per heavy atom. The zero-order valence-electron chi connectivity index (χ0n) is 17.3. The van der Waals surface area contributed by atoms with Crippen molar-refractivity contribution in [3.05, 3.63) is 59.1 Å². The van der Waals surface area contributed by atoms with Gasteiger partial charge in [-0.2, -0.15) is 0 Å². The summed E-state index contributed by atoms with van der Waals surface area (Å²) in [7, 11) is 0. The number of piperidine rings is 1. The van der Waals surface area contributed by atoms with E-state index in [1.54, 1.807) is 24.3 Å². The van der Waals surface area contributed by atoms with Crippen LogP contribution in [0, 0.1) is 0 Å². The fourth-order valence-electron chi connectivity index (χ4n) is 3.91. The van der Waals surface area contributed by atoms with E-state index < -0.39 is 6.10 Å². The van der Waals surface area contributed by atoms with Crippen molar-refractivity contribution < 1.29 is 14.6 Å². The number of fused-ring (bicyclic) bond motifs is 1. The Labute approximate surface area is 181 Å². The van der Waals surface area contributed by atoms with Crippen LogP contribution < -0.4 is 4.74 Å². The fraction of sp³-hybridized carbons (Fsp3) is 0.417. The minimum Gasteiger partial charge on any atom is -0.491 e. The van der Waals surface area contributed by atoms with Crippen LogP contribution in [0.2, 0.25) is 0 Å². The summed E-state index contributed by atoms with van der Waals surface area (Å²) >= 11 is 1.81. The van der Waals surface area contributed by atoms with Gasteiger partial charge in [0.15, 0.2) is 5.78 Å². The number of ketones is 1. The van der Waals surface area contributed by atoms with Gasteiger partial charge in [-0.15, -0.1) is 11.3 Å². The number of para-hydroxylation sites is 1. The summed E-state index contributed by atoms with van der Waals surface area (Å²) in [5, 5.41) is 11.6. The molecule has 30 heavy (non-hydrogen) atoms. The third-order valence-electron chi connectivity index (χ3n) is 5.66. The van der Waals surface area contributed by atoms with Crippen molar-refractivity contribution in [1.82, 2.24) is 9.88 Å². The molecule has 1 atom stereocenters. The smallest absolute Gasteiger partial charge is 0.162 e. The number of aliphatic hydroxyl groups excluding tert-OH is 1. The van der Waals surface area contributed by atoms with Crippen LogP contribution in [-0.2, 0) is 0 Å². The van der Waals surface area contributed by atoms with E-state index in [1.165, 1.54) is 9.71 Å². The number of thiazole rings is 1. The van der Waals surface area contributed by atoms with Crippen molar-refractivity contribution >= 4 is 27.3 Å². The molecule has 1 N–H and O–H groups in total. The largest absolute Gasteiger partial charge is 0.491 e. The molecule has 4 rings (SSSR count). The zero-order valence-corrected chi connectivity index (χ0v) is 18.1. The maximum Gasteiger partial charge on any atom is 0.162 e. The Hall–Kier alpha value is -2.28. The van der Waals surface area contributed by atoms with Gasteiger partial charge in [-0.3, -0.25) is 4.79 Å². The highest BCUT2D eigenvalue weighted by Crippen LogP contribution is 2.33. The van der Waals surface area contributed by atoms with Gasteiger partial charge in [-0.1, -0.05) is 19.1 Å². The minimum atomic E-state index is -0.541. The fourth-order valence-corrected chi connectivity index (χ4v) is 5.05. The summed E-state index contributed by atoms with van der Waals surface area (Å²) in [6.07, 6.45) is 2.09. The third kappa shape index (κ3) is 5.06. The molecular formula is C24H28N2O3S. The first kappa shape index (κ1) is 21.0. The summed E-state index contributed by atoms with van der Waals surface area (Å²) in [4.78, 5) is 18.8. The number of nitrogens with zero attached hydrogens (tertiary/aromatic N) is 2. The van der Waals surface area contributed by atoms with Gasteiger partial charge in [0.1, 0.15) is 18.5 Å². The molecule has 1 aliphatic heterocycles. The van der Waals surface area contributed by atoms with E-state index in [4.69, 9.17) is 9.72 Å². The molecule has 5 nitrogen and oxygen atoms in total. The number of aromatic nitrogens is 1. The van der Waals surface area contributed by atoms with Crippen LogP contribution in [0.25, 0.3) is 10.2 Å². The van der Waals surface area contributed by atoms with Crippen LogP contribution in [-0.4, -0.2) is 53.1 Å². The summed E-state index contributed by atoms with van der Waals surface area (Å²) in [6, 6.07) is 15.5. The van der Waals surface area contributed by atoms with E-state index >= 15 is 0 Å². The van der Waals surface area contributed by atoms with E-state index in [9.17, 15) is 9.90 Å². The van der Waals surface area contributed by atoms with E-state index in [2.05, 4.69) is 23.1 Å². The lowest BCUT2D eigenvalue weighted by molar-refractivity contribution is 0.0594. The van der Waals surface area contributed by atoms with Gasteiger partial charge in [0.2, 0.25) is 0 Å². The number of hydrogen-bond donors (Lipinski definition) is 1. The van der Waals surface area contributed by atoms with Gasteiger partial charge in [-0.05, 0) is 62.3 Å². The first-order valence-corrected chi connectivity index (χ1v) is 11.5. The molecule has 0 saturated carbocycles. The maximum absolute atomic E-state index is 11.7. The number of rotatable bonds is 8. The number of carbonyl (C=O) groups is 1. The molecular weight excluding hydrogens is 396 g/mol. The summed E-state index contributed by atoms with van der Waals surface area (Å²) < 4.78 is 6.96. The first-order chi connectivity index (χ1) is 14.6. The van der Waals surface area contributed by atoms with Gasteiger partial charge in [0.05, 0.1) is 15.2 Å². The molecule has 1 fully saturated rings. The average molecular weight is 425 g/mol. The second kappa shape index (κ2) is 9.69. The summed E-state index contributed by atoms with van der Waals surface area (Å²) in [5.41, 5.74) is 1.79. The zero-order chi connectivity index (χ0) is 20.9. The first-order valence-electron chi connectivity index (χ1n) is 10.6. The number of Topliss-reactive ketones (excluding diaryl/α,β-unsaturated/α-hetero) is 1. The molecule has 158 valence electrons. The van der Waals surface area contributed by atoms with Crippen LogP contribution in [0.15, 0.2) is 48.5 Å². The van der Waals surface area contributed by atoms with Crippen LogP contribution in [0.5, 0.6) is 5.75 Å². The van der Waals surface area contributed by atoms with Gasteiger partial charge in [0, 0.05) is 24.4 Å². The number of likely N-dealkylation sites (tertiary alicyclic amines) is 1. The topological polar surface area (TPSA) is 62.7 Å². The highest BCUT2D eigenvalue weighted by atomic mass is 32.1. The maximum atomic E-state index is 11.7. The van der Waals surface area contributed by atoms with Crippen molar-refractivity contribution in [3.8, 4) is 5.75 Å². The molecule has 3 aromatic rings. The Morgan fingerprint density at radius 1 is 1.20 bits per heavy atom. The molecule has 0 amide bonds. The lowest BCUT2D eigenvalue weighted by Gasteiger charge is -2.32. The van der Waals surface area contributed by atoms with Crippen molar-refractivity contribution in [2.45, 2.75) is 38.2 Å². The molecule has 1 saturated heterocycles. The molecule has 0 bridgehead atoms. The molecule has 1 aliphatic rings. The standard InChI is InChI=1S/C24H28N2O3S/c1-2-22(28)17-7-9-20(10-8-17)29-16-19(27)15-26-13-11-18(12-14-26)24-25-21-5-3-4-6-23(21)30-24/h3-10,18-19,27H,2,11-16H2,1H3. The van der Waals surface area contributed by atoms with Gasteiger partial charge in [-0.25, -0.2) is 4.98 Å². The number of β-amino-alcohol motifs (C(OH)–C–C–N with tert-alkyl or cyclic N) is 1. The average Bonchev–Trinajstić information content (AvgIpc) is 3.22. The van der Waals surface area contributed by atoms with Crippen LogP contribution in [0.4, 0.5) is 0 Å². The number of benzene rings is 2. The quantitative estimate of drug-likeness (QED) is 0.539. The molecule has 6 heteroatoms. The van der Waals surface area contributed by atoms with Crippen molar-refractivity contribution in [3.63, 3.8) is 0 Å². The minimum absolute atomic E-state index is 0.121. The molecule has 0 radical (unpaired) electrons. The van der Waals surface area contributed by atoms with E-state index in [0.717, 1.165) is 31.4 Å². The Kier molecular flexibility index (Phi) is 6.77. The molecule has 2 heterocycles. The summed E-state index contributed by atoms with van der Waals surface area (Å²) in [5.74, 6) is 1.31. The predicted octanol–water partition coefficient (Wildman–Crippen LogP) is 4.51. The van der Waals surface area contributed by atoms with E-state index in [1.807, 2.05) is 24.3 Å². The highest BCUT2D eigenvalue weighted by Gasteiger charge is 2.24. The molecule has 0 aliphatic carbocycles. The molecule has 1 aromatic heterocycles. The lowest BCUT2D eigenvalue weighted by Crippen LogP contribution is -2.40. The molecule has 1 unspecified atom stereocenters. The normalized spacial score (nSPS) is 16.6. The highest BCUT2D eigenvalue weighted by molar-refractivity contribution is 7.18. The van der Waals surface area contributed by atoms with Gasteiger partial charge >= 0.3 is 0 Å². The second-order valence-electron chi connectivity index (χ2n) is 7.86. The van der Waals surface area contributed by atoms with Crippen molar-refractivity contribution in [2.24, 2.45) is 0 Å². The molecule has 0 spiro atoms. The van der Waals surface area contributed by atoms with Crippen molar-refractivity contribution in [2.75, 3.05) is 26.2 Å². The number of carbonyl (C=O) groups excluding carboxylic acids is 1. The Morgan fingerprint density at radius 2 is 1.93 bits per heavy atom. The van der Waals surface area contributed by atoms with Gasteiger partial charge in [0.25, 0.3) is 0 Å². The number of hydrogen-bond acceptors (Lipinski definition) is 6. The predicted molar refractivity (Wildman–Crippen MR) is 121 cm³/mol. The number of aliphatic hydroxyl groups is 1.